The van der Waals surface area contributed by atoms with Crippen LogP contribution in [-0.4, -0.2) is 24.6 Å². The number of benzene rings is 1. The molecule has 0 aliphatic carbocycles. The molecule has 5 heteroatoms. The SMILES string of the molecule is CCNC(C)C(CC)c1ccc(OC)cc1[N+](=O)[O-]. The van der Waals surface area contributed by atoms with Crippen LogP contribution in [0.2, 0.25) is 0 Å². The minimum Gasteiger partial charge on any atom is -0.497 e. The number of nitro groups is 1. The number of nitrogens with one attached hydrogen (secondary N) is 1. The zero-order valence-corrected chi connectivity index (χ0v) is 12.0. The molecule has 0 aliphatic heterocycles. The van der Waals surface area contributed by atoms with E-state index in [9.17, 15) is 10.1 Å². The number of methoxy groups -OCH3 is 1. The second-order valence-electron chi connectivity index (χ2n) is 4.54. The lowest BCUT2D eigenvalue weighted by Gasteiger charge is -2.23. The first-order chi connectivity index (χ1) is 9.04. The van der Waals surface area contributed by atoms with Gasteiger partial charge in [0.1, 0.15) is 5.75 Å². The molecule has 0 aliphatic rings. The van der Waals surface area contributed by atoms with Crippen LogP contribution in [-0.2, 0) is 0 Å². The number of rotatable bonds is 7. The number of ether oxygens (including phenoxy) is 1. The quantitative estimate of drug-likeness (QED) is 0.608. The summed E-state index contributed by atoms with van der Waals surface area (Å²) in [5, 5.41) is 14.6. The van der Waals surface area contributed by atoms with Crippen molar-refractivity contribution >= 4 is 5.69 Å². The predicted molar refractivity (Wildman–Crippen MR) is 75.8 cm³/mol. The number of nitrogens with zero attached hydrogens (tertiary/aromatic N) is 1. The summed E-state index contributed by atoms with van der Waals surface area (Å²) in [6.07, 6.45) is 0.849. The van der Waals surface area contributed by atoms with Crippen LogP contribution in [0, 0.1) is 10.1 Å². The highest BCUT2D eigenvalue weighted by molar-refractivity contribution is 5.48. The van der Waals surface area contributed by atoms with Crippen LogP contribution in [0.4, 0.5) is 5.69 Å². The summed E-state index contributed by atoms with van der Waals surface area (Å²) in [5.41, 5.74) is 0.901. The van der Waals surface area contributed by atoms with Gasteiger partial charge in [-0.2, -0.15) is 0 Å². The van der Waals surface area contributed by atoms with Gasteiger partial charge in [-0.1, -0.05) is 13.8 Å². The van der Waals surface area contributed by atoms with Gasteiger partial charge in [-0.05, 0) is 32.0 Å². The van der Waals surface area contributed by atoms with Crippen molar-refractivity contribution in [2.45, 2.75) is 39.2 Å². The van der Waals surface area contributed by atoms with Gasteiger partial charge < -0.3 is 10.1 Å². The summed E-state index contributed by atoms with van der Waals surface area (Å²) in [5.74, 6) is 0.632. The maximum atomic E-state index is 11.2. The maximum absolute atomic E-state index is 11.2. The van der Waals surface area contributed by atoms with E-state index in [1.54, 1.807) is 12.1 Å². The number of hydrogen-bond donors (Lipinski definition) is 1. The lowest BCUT2D eigenvalue weighted by atomic mass is 9.88. The Balaban J connectivity index is 3.19. The second-order valence-corrected chi connectivity index (χ2v) is 4.54. The molecule has 0 radical (unpaired) electrons. The Morgan fingerprint density at radius 1 is 1.42 bits per heavy atom. The fraction of sp³-hybridized carbons (Fsp3) is 0.571. The molecule has 1 aromatic rings. The summed E-state index contributed by atoms with van der Waals surface area (Å²) >= 11 is 0. The fourth-order valence-electron chi connectivity index (χ4n) is 2.43. The normalized spacial score (nSPS) is 13.9. The smallest absolute Gasteiger partial charge is 0.276 e. The van der Waals surface area contributed by atoms with Crippen molar-refractivity contribution in [3.05, 3.63) is 33.9 Å². The molecule has 19 heavy (non-hydrogen) atoms. The van der Waals surface area contributed by atoms with E-state index in [2.05, 4.69) is 12.2 Å². The van der Waals surface area contributed by atoms with E-state index in [1.165, 1.54) is 13.2 Å². The van der Waals surface area contributed by atoms with Crippen molar-refractivity contribution in [2.75, 3.05) is 13.7 Å². The van der Waals surface area contributed by atoms with Crippen molar-refractivity contribution in [1.29, 1.82) is 0 Å². The van der Waals surface area contributed by atoms with E-state index in [1.807, 2.05) is 13.8 Å². The Labute approximate surface area is 114 Å². The first-order valence-electron chi connectivity index (χ1n) is 6.60. The molecule has 2 unspecified atom stereocenters. The Hall–Kier alpha value is -1.62. The summed E-state index contributed by atoms with van der Waals surface area (Å²) in [6.45, 7) is 6.99. The Morgan fingerprint density at radius 2 is 2.11 bits per heavy atom. The Bertz CT molecular complexity index is 435. The molecular weight excluding hydrogens is 244 g/mol. The average Bonchev–Trinajstić information content (AvgIpc) is 2.40. The third-order valence-corrected chi connectivity index (χ3v) is 3.40. The molecule has 2 atom stereocenters. The monoisotopic (exact) mass is 266 g/mol. The van der Waals surface area contributed by atoms with Gasteiger partial charge in [0.05, 0.1) is 18.1 Å². The Kier molecular flexibility index (Phi) is 5.76. The van der Waals surface area contributed by atoms with Crippen LogP contribution in [0.25, 0.3) is 0 Å². The van der Waals surface area contributed by atoms with Crippen LogP contribution < -0.4 is 10.1 Å². The molecule has 0 bridgehead atoms. The Morgan fingerprint density at radius 3 is 2.58 bits per heavy atom. The van der Waals surface area contributed by atoms with E-state index in [-0.39, 0.29) is 22.6 Å². The van der Waals surface area contributed by atoms with Gasteiger partial charge in [-0.25, -0.2) is 0 Å². The number of nitro benzene ring substituents is 1. The number of likely N-dealkylation sites (N-methyl/N-ethyl adjacent to an activating group) is 1. The molecule has 1 rings (SSSR count). The highest BCUT2D eigenvalue weighted by Crippen LogP contribution is 2.34. The van der Waals surface area contributed by atoms with E-state index in [0.717, 1.165) is 18.5 Å². The molecule has 0 fully saturated rings. The molecule has 0 spiro atoms. The maximum Gasteiger partial charge on any atom is 0.276 e. The molecule has 0 amide bonds. The molecular formula is C14H22N2O3. The minimum atomic E-state index is -0.334. The van der Waals surface area contributed by atoms with Crippen molar-refractivity contribution in [3.8, 4) is 5.75 Å². The fourth-order valence-corrected chi connectivity index (χ4v) is 2.43. The van der Waals surface area contributed by atoms with Crippen LogP contribution in [0.3, 0.4) is 0 Å². The molecule has 0 aromatic heterocycles. The second kappa shape index (κ2) is 7.09. The van der Waals surface area contributed by atoms with Gasteiger partial charge in [0.15, 0.2) is 0 Å². The van der Waals surface area contributed by atoms with Crippen LogP contribution in [0.1, 0.15) is 38.7 Å². The molecule has 0 heterocycles. The minimum absolute atomic E-state index is 0.117. The lowest BCUT2D eigenvalue weighted by Crippen LogP contribution is -2.32. The van der Waals surface area contributed by atoms with E-state index in [0.29, 0.717) is 5.75 Å². The van der Waals surface area contributed by atoms with Gasteiger partial charge in [0.2, 0.25) is 0 Å². The van der Waals surface area contributed by atoms with Gasteiger partial charge in [0.25, 0.3) is 5.69 Å². The van der Waals surface area contributed by atoms with E-state index in [4.69, 9.17) is 4.74 Å². The van der Waals surface area contributed by atoms with Crippen LogP contribution in [0.5, 0.6) is 5.75 Å². The highest BCUT2D eigenvalue weighted by Gasteiger charge is 2.25. The van der Waals surface area contributed by atoms with Crippen LogP contribution >= 0.6 is 0 Å². The van der Waals surface area contributed by atoms with Crippen molar-refractivity contribution < 1.29 is 9.66 Å². The molecule has 106 valence electrons. The molecule has 1 N–H and O–H groups in total. The van der Waals surface area contributed by atoms with Gasteiger partial charge in [-0.15, -0.1) is 0 Å². The molecule has 5 nitrogen and oxygen atoms in total. The zero-order chi connectivity index (χ0) is 14.4. The summed E-state index contributed by atoms with van der Waals surface area (Å²) in [6, 6.07) is 5.28. The van der Waals surface area contributed by atoms with Crippen molar-refractivity contribution in [1.82, 2.24) is 5.32 Å². The van der Waals surface area contributed by atoms with Crippen LogP contribution in [0.15, 0.2) is 18.2 Å². The first-order valence-corrected chi connectivity index (χ1v) is 6.60. The largest absolute Gasteiger partial charge is 0.497 e. The van der Waals surface area contributed by atoms with E-state index < -0.39 is 0 Å². The highest BCUT2D eigenvalue weighted by atomic mass is 16.6. The molecule has 0 saturated carbocycles. The third kappa shape index (κ3) is 3.67. The molecule has 1 aromatic carbocycles. The average molecular weight is 266 g/mol. The van der Waals surface area contributed by atoms with Gasteiger partial charge in [0, 0.05) is 17.5 Å². The topological polar surface area (TPSA) is 64.4 Å². The zero-order valence-electron chi connectivity index (χ0n) is 12.0. The van der Waals surface area contributed by atoms with Crippen molar-refractivity contribution in [3.63, 3.8) is 0 Å². The van der Waals surface area contributed by atoms with Gasteiger partial charge >= 0.3 is 0 Å². The third-order valence-electron chi connectivity index (χ3n) is 3.40. The first kappa shape index (κ1) is 15.4. The lowest BCUT2D eigenvalue weighted by molar-refractivity contribution is -0.385. The van der Waals surface area contributed by atoms with Crippen molar-refractivity contribution in [2.24, 2.45) is 0 Å². The number of hydrogen-bond acceptors (Lipinski definition) is 4. The van der Waals surface area contributed by atoms with Gasteiger partial charge in [-0.3, -0.25) is 10.1 Å². The summed E-state index contributed by atoms with van der Waals surface area (Å²) in [7, 11) is 1.51. The standard InChI is InChI=1S/C14H22N2O3/c1-5-12(10(3)15-6-2)13-8-7-11(19-4)9-14(13)16(17)18/h7-10,12,15H,5-6H2,1-4H3. The molecule has 0 saturated heterocycles. The predicted octanol–water partition coefficient (Wildman–Crippen LogP) is 3.10. The summed E-state index contributed by atoms with van der Waals surface area (Å²) < 4.78 is 5.06. The summed E-state index contributed by atoms with van der Waals surface area (Å²) in [4.78, 5) is 10.9. The van der Waals surface area contributed by atoms with E-state index >= 15 is 0 Å².